The van der Waals surface area contributed by atoms with Gasteiger partial charge in [0.15, 0.2) is 0 Å². The summed E-state index contributed by atoms with van der Waals surface area (Å²) in [7, 11) is 0. The summed E-state index contributed by atoms with van der Waals surface area (Å²) in [6.07, 6.45) is 1.60. The third-order valence-corrected chi connectivity index (χ3v) is 2.75. The molecule has 0 fully saturated rings. The van der Waals surface area contributed by atoms with E-state index in [9.17, 15) is 9.90 Å². The van der Waals surface area contributed by atoms with E-state index in [1.165, 1.54) is 18.2 Å². The van der Waals surface area contributed by atoms with Crippen LogP contribution >= 0.6 is 11.6 Å². The van der Waals surface area contributed by atoms with Gasteiger partial charge in [-0.25, -0.2) is 4.98 Å². The van der Waals surface area contributed by atoms with Crippen molar-refractivity contribution >= 4 is 23.3 Å². The van der Waals surface area contributed by atoms with E-state index in [0.717, 1.165) is 5.56 Å². The van der Waals surface area contributed by atoms with Gasteiger partial charge in [-0.2, -0.15) is 0 Å². The number of nitrogens with one attached hydrogen (secondary N) is 1. The molecule has 0 bridgehead atoms. The van der Waals surface area contributed by atoms with Crippen molar-refractivity contribution < 1.29 is 9.90 Å². The van der Waals surface area contributed by atoms with Gasteiger partial charge in [0.1, 0.15) is 11.6 Å². The van der Waals surface area contributed by atoms with Crippen LogP contribution in [-0.2, 0) is 0 Å². The highest BCUT2D eigenvalue weighted by molar-refractivity contribution is 6.32. The first-order chi connectivity index (χ1) is 8.58. The molecule has 0 saturated carbocycles. The van der Waals surface area contributed by atoms with Crippen LogP contribution in [-0.4, -0.2) is 16.0 Å². The van der Waals surface area contributed by atoms with Crippen LogP contribution < -0.4 is 5.32 Å². The molecule has 1 aromatic carbocycles. The maximum absolute atomic E-state index is 11.9. The molecule has 2 N–H and O–H groups in total. The largest absolute Gasteiger partial charge is 0.506 e. The number of hydrogen-bond acceptors (Lipinski definition) is 3. The number of aromatic nitrogens is 1. The Bertz CT molecular complexity index is 599. The lowest BCUT2D eigenvalue weighted by molar-refractivity contribution is 0.102. The molecular formula is C13H11ClN2O2. The Balaban J connectivity index is 2.22. The van der Waals surface area contributed by atoms with Gasteiger partial charge in [-0.15, -0.1) is 0 Å². The number of pyridine rings is 1. The van der Waals surface area contributed by atoms with Crippen molar-refractivity contribution in [3.8, 4) is 5.75 Å². The first-order valence-corrected chi connectivity index (χ1v) is 5.67. The summed E-state index contributed by atoms with van der Waals surface area (Å²) in [5, 5.41) is 12.1. The van der Waals surface area contributed by atoms with Crippen LogP contribution in [0, 0.1) is 6.92 Å². The minimum absolute atomic E-state index is 0.0535. The second kappa shape index (κ2) is 5.06. The van der Waals surface area contributed by atoms with Gasteiger partial charge in [-0.05, 0) is 36.8 Å². The van der Waals surface area contributed by atoms with Crippen molar-refractivity contribution in [1.29, 1.82) is 0 Å². The Morgan fingerprint density at radius 1 is 1.39 bits per heavy atom. The minimum atomic E-state index is -0.321. The number of aromatic hydroxyl groups is 1. The number of hydrogen-bond donors (Lipinski definition) is 2. The standard InChI is InChI=1S/C13H11ClN2O2/c1-8-3-2-6-15-12(8)16-13(18)9-4-5-11(17)10(14)7-9/h2-7,17H,1H3,(H,15,16,18). The number of phenolic OH excluding ortho intramolecular Hbond substituents is 1. The Kier molecular flexibility index (Phi) is 3.48. The molecular weight excluding hydrogens is 252 g/mol. The van der Waals surface area contributed by atoms with E-state index >= 15 is 0 Å². The molecule has 1 amide bonds. The number of benzene rings is 1. The van der Waals surface area contributed by atoms with E-state index in [2.05, 4.69) is 10.3 Å². The van der Waals surface area contributed by atoms with Gasteiger partial charge in [0, 0.05) is 11.8 Å². The van der Waals surface area contributed by atoms with Gasteiger partial charge in [0.2, 0.25) is 0 Å². The third kappa shape index (κ3) is 2.60. The summed E-state index contributed by atoms with van der Waals surface area (Å²) < 4.78 is 0. The molecule has 0 aliphatic carbocycles. The molecule has 18 heavy (non-hydrogen) atoms. The lowest BCUT2D eigenvalue weighted by atomic mass is 10.2. The van der Waals surface area contributed by atoms with Crippen LogP contribution in [0.3, 0.4) is 0 Å². The SMILES string of the molecule is Cc1cccnc1NC(=O)c1ccc(O)c(Cl)c1. The van der Waals surface area contributed by atoms with E-state index in [-0.39, 0.29) is 16.7 Å². The molecule has 0 aliphatic heterocycles. The van der Waals surface area contributed by atoms with Crippen LogP contribution in [0.2, 0.25) is 5.02 Å². The van der Waals surface area contributed by atoms with Gasteiger partial charge in [-0.1, -0.05) is 17.7 Å². The van der Waals surface area contributed by atoms with Crippen molar-refractivity contribution in [3.63, 3.8) is 0 Å². The number of rotatable bonds is 2. The molecule has 0 spiro atoms. The Hall–Kier alpha value is -2.07. The van der Waals surface area contributed by atoms with Gasteiger partial charge >= 0.3 is 0 Å². The number of nitrogens with zero attached hydrogens (tertiary/aromatic N) is 1. The second-order valence-corrected chi connectivity index (χ2v) is 4.20. The summed E-state index contributed by atoms with van der Waals surface area (Å²) in [6.45, 7) is 1.85. The zero-order valence-corrected chi connectivity index (χ0v) is 10.4. The van der Waals surface area contributed by atoms with Crippen LogP contribution in [0.15, 0.2) is 36.5 Å². The maximum atomic E-state index is 11.9. The number of carbonyl (C=O) groups excluding carboxylic acids is 1. The molecule has 5 heteroatoms. The number of phenols is 1. The van der Waals surface area contributed by atoms with Crippen LogP contribution in [0.1, 0.15) is 15.9 Å². The van der Waals surface area contributed by atoms with Crippen molar-refractivity contribution in [2.24, 2.45) is 0 Å². The quantitative estimate of drug-likeness (QED) is 0.875. The highest BCUT2D eigenvalue weighted by atomic mass is 35.5. The summed E-state index contributed by atoms with van der Waals surface area (Å²) in [5.74, 6) is 0.132. The van der Waals surface area contributed by atoms with E-state index in [1.807, 2.05) is 13.0 Å². The molecule has 2 aromatic rings. The third-order valence-electron chi connectivity index (χ3n) is 2.45. The Morgan fingerprint density at radius 3 is 2.83 bits per heavy atom. The van der Waals surface area contributed by atoms with E-state index in [4.69, 9.17) is 11.6 Å². The number of carbonyl (C=O) groups is 1. The number of aryl methyl sites for hydroxylation is 1. The first kappa shape index (κ1) is 12.4. The predicted octanol–water partition coefficient (Wildman–Crippen LogP) is 3.00. The molecule has 1 aromatic heterocycles. The smallest absolute Gasteiger partial charge is 0.256 e. The summed E-state index contributed by atoms with van der Waals surface area (Å²) >= 11 is 5.75. The van der Waals surface area contributed by atoms with Crippen LogP contribution in [0.25, 0.3) is 0 Å². The first-order valence-electron chi connectivity index (χ1n) is 5.29. The summed E-state index contributed by atoms with van der Waals surface area (Å²) in [4.78, 5) is 16.0. The zero-order valence-electron chi connectivity index (χ0n) is 9.64. The molecule has 0 atom stereocenters. The molecule has 1 heterocycles. The molecule has 0 aliphatic rings. The van der Waals surface area contributed by atoms with Crippen molar-refractivity contribution in [1.82, 2.24) is 4.98 Å². The normalized spacial score (nSPS) is 10.1. The lowest BCUT2D eigenvalue weighted by Gasteiger charge is -2.07. The predicted molar refractivity (Wildman–Crippen MR) is 70.0 cm³/mol. The van der Waals surface area contributed by atoms with Crippen molar-refractivity contribution in [2.45, 2.75) is 6.92 Å². The van der Waals surface area contributed by atoms with E-state index in [1.54, 1.807) is 12.3 Å². The van der Waals surface area contributed by atoms with Crippen LogP contribution in [0.4, 0.5) is 5.82 Å². The molecule has 0 radical (unpaired) electrons. The Labute approximate surface area is 109 Å². The molecule has 0 saturated heterocycles. The molecule has 0 unspecified atom stereocenters. The highest BCUT2D eigenvalue weighted by Crippen LogP contribution is 2.24. The topological polar surface area (TPSA) is 62.2 Å². The van der Waals surface area contributed by atoms with Crippen molar-refractivity contribution in [3.05, 3.63) is 52.7 Å². The fourth-order valence-corrected chi connectivity index (χ4v) is 1.62. The van der Waals surface area contributed by atoms with Crippen LogP contribution in [0.5, 0.6) is 5.75 Å². The number of anilines is 1. The molecule has 2 rings (SSSR count). The number of amides is 1. The van der Waals surface area contributed by atoms with Gasteiger partial charge in [-0.3, -0.25) is 4.79 Å². The minimum Gasteiger partial charge on any atom is -0.506 e. The molecule has 4 nitrogen and oxygen atoms in total. The Morgan fingerprint density at radius 2 is 2.17 bits per heavy atom. The second-order valence-electron chi connectivity index (χ2n) is 3.79. The fraction of sp³-hybridized carbons (Fsp3) is 0.0769. The summed E-state index contributed by atoms with van der Waals surface area (Å²) in [5.41, 5.74) is 1.23. The average Bonchev–Trinajstić information content (AvgIpc) is 2.35. The van der Waals surface area contributed by atoms with E-state index < -0.39 is 0 Å². The fourth-order valence-electron chi connectivity index (χ4n) is 1.44. The summed E-state index contributed by atoms with van der Waals surface area (Å²) in [6, 6.07) is 7.93. The van der Waals surface area contributed by atoms with Crippen molar-refractivity contribution in [2.75, 3.05) is 5.32 Å². The average molecular weight is 263 g/mol. The van der Waals surface area contributed by atoms with Gasteiger partial charge in [0.25, 0.3) is 5.91 Å². The van der Waals surface area contributed by atoms with E-state index in [0.29, 0.717) is 11.4 Å². The number of halogens is 1. The monoisotopic (exact) mass is 262 g/mol. The highest BCUT2D eigenvalue weighted by Gasteiger charge is 2.10. The molecule has 92 valence electrons. The van der Waals surface area contributed by atoms with Gasteiger partial charge in [0.05, 0.1) is 5.02 Å². The zero-order chi connectivity index (χ0) is 13.1. The lowest BCUT2D eigenvalue weighted by Crippen LogP contribution is -2.13. The van der Waals surface area contributed by atoms with Gasteiger partial charge < -0.3 is 10.4 Å². The maximum Gasteiger partial charge on any atom is 0.256 e.